The molecule has 0 radical (unpaired) electrons. The van der Waals surface area contributed by atoms with Crippen molar-refractivity contribution in [2.45, 2.75) is 39.2 Å². The Balaban J connectivity index is 2.12. The SMILES string of the molecule is CN1CCN(C)C1N(CC(=O)OC(C)(C)C)Cc1ccccc1. The highest BCUT2D eigenvalue weighted by Crippen LogP contribution is 2.18. The summed E-state index contributed by atoms with van der Waals surface area (Å²) in [6, 6.07) is 10.3. The van der Waals surface area contributed by atoms with Crippen LogP contribution in [0.15, 0.2) is 30.3 Å². The van der Waals surface area contributed by atoms with Crippen molar-refractivity contribution in [3.05, 3.63) is 35.9 Å². The van der Waals surface area contributed by atoms with E-state index in [1.54, 1.807) is 0 Å². The Hall–Kier alpha value is -1.43. The van der Waals surface area contributed by atoms with Crippen molar-refractivity contribution in [3.63, 3.8) is 0 Å². The Labute approximate surface area is 139 Å². The molecule has 1 aliphatic rings. The third-order valence-electron chi connectivity index (χ3n) is 3.90. The van der Waals surface area contributed by atoms with Gasteiger partial charge in [0, 0.05) is 19.6 Å². The number of benzene rings is 1. The van der Waals surface area contributed by atoms with E-state index in [1.807, 2.05) is 39.0 Å². The molecular weight excluding hydrogens is 290 g/mol. The predicted molar refractivity (Wildman–Crippen MR) is 91.7 cm³/mol. The minimum Gasteiger partial charge on any atom is -0.459 e. The smallest absolute Gasteiger partial charge is 0.320 e. The fraction of sp³-hybridized carbons (Fsp3) is 0.611. The molecule has 0 unspecified atom stereocenters. The number of esters is 1. The molecule has 0 amide bonds. The van der Waals surface area contributed by atoms with E-state index in [0.717, 1.165) is 19.6 Å². The van der Waals surface area contributed by atoms with Crippen molar-refractivity contribution >= 4 is 5.97 Å². The van der Waals surface area contributed by atoms with Crippen LogP contribution >= 0.6 is 0 Å². The van der Waals surface area contributed by atoms with Gasteiger partial charge in [0.1, 0.15) is 11.9 Å². The van der Waals surface area contributed by atoms with Gasteiger partial charge in [-0.05, 0) is 40.4 Å². The van der Waals surface area contributed by atoms with Crippen LogP contribution < -0.4 is 0 Å². The van der Waals surface area contributed by atoms with Crippen LogP contribution in [-0.2, 0) is 16.1 Å². The molecule has 5 nitrogen and oxygen atoms in total. The fourth-order valence-corrected chi connectivity index (χ4v) is 3.02. The van der Waals surface area contributed by atoms with Gasteiger partial charge < -0.3 is 4.74 Å². The second kappa shape index (κ2) is 7.43. The highest BCUT2D eigenvalue weighted by Gasteiger charge is 2.33. The van der Waals surface area contributed by atoms with Crippen molar-refractivity contribution in [2.24, 2.45) is 0 Å². The first-order valence-electron chi connectivity index (χ1n) is 8.16. The van der Waals surface area contributed by atoms with E-state index in [1.165, 1.54) is 5.56 Å². The summed E-state index contributed by atoms with van der Waals surface area (Å²) in [6.07, 6.45) is 0.114. The topological polar surface area (TPSA) is 36.0 Å². The average molecular weight is 319 g/mol. The van der Waals surface area contributed by atoms with Crippen LogP contribution in [0, 0.1) is 0 Å². The Morgan fingerprint density at radius 3 is 2.26 bits per heavy atom. The van der Waals surface area contributed by atoms with Gasteiger partial charge in [0.05, 0.1) is 6.54 Å². The largest absolute Gasteiger partial charge is 0.459 e. The fourth-order valence-electron chi connectivity index (χ4n) is 3.02. The molecule has 1 fully saturated rings. The van der Waals surface area contributed by atoms with Crippen LogP contribution in [0.1, 0.15) is 26.3 Å². The molecule has 23 heavy (non-hydrogen) atoms. The predicted octanol–water partition coefficient (Wildman–Crippen LogP) is 1.99. The number of carbonyl (C=O) groups is 1. The van der Waals surface area contributed by atoms with Crippen LogP contribution in [0.2, 0.25) is 0 Å². The van der Waals surface area contributed by atoms with Crippen molar-refractivity contribution in [3.8, 4) is 0 Å². The lowest BCUT2D eigenvalue weighted by molar-refractivity contribution is -0.159. The molecule has 0 aromatic heterocycles. The van der Waals surface area contributed by atoms with Crippen LogP contribution in [-0.4, -0.2) is 66.3 Å². The Kier molecular flexibility index (Phi) is 5.79. The number of nitrogens with zero attached hydrogens (tertiary/aromatic N) is 3. The number of carbonyl (C=O) groups excluding carboxylic acids is 1. The molecule has 128 valence electrons. The van der Waals surface area contributed by atoms with Crippen LogP contribution in [0.3, 0.4) is 0 Å². The average Bonchev–Trinajstić information content (AvgIpc) is 2.76. The summed E-state index contributed by atoms with van der Waals surface area (Å²) >= 11 is 0. The summed E-state index contributed by atoms with van der Waals surface area (Å²) in [7, 11) is 4.20. The summed E-state index contributed by atoms with van der Waals surface area (Å²) < 4.78 is 5.52. The molecule has 0 aliphatic carbocycles. The van der Waals surface area contributed by atoms with Crippen LogP contribution in [0.4, 0.5) is 0 Å². The van der Waals surface area contributed by atoms with Crippen molar-refractivity contribution in [1.82, 2.24) is 14.7 Å². The number of hydrogen-bond acceptors (Lipinski definition) is 5. The molecule has 5 heteroatoms. The van der Waals surface area contributed by atoms with Crippen molar-refractivity contribution in [1.29, 1.82) is 0 Å². The second-order valence-electron chi connectivity index (χ2n) is 7.28. The summed E-state index contributed by atoms with van der Waals surface area (Å²) in [4.78, 5) is 19.0. The molecule has 0 saturated carbocycles. The lowest BCUT2D eigenvalue weighted by Crippen LogP contribution is -2.51. The molecule has 0 atom stereocenters. The molecule has 1 aliphatic heterocycles. The van der Waals surface area contributed by atoms with Crippen LogP contribution in [0.5, 0.6) is 0 Å². The van der Waals surface area contributed by atoms with Gasteiger partial charge in [-0.25, -0.2) is 0 Å². The van der Waals surface area contributed by atoms with Gasteiger partial charge in [-0.1, -0.05) is 30.3 Å². The molecule has 1 aromatic carbocycles. The molecular formula is C18H29N3O2. The standard InChI is InChI=1S/C18H29N3O2/c1-18(2,3)23-16(22)14-21(13-15-9-7-6-8-10-15)17-19(4)11-12-20(17)5/h6-10,17H,11-14H2,1-5H3. The maximum atomic E-state index is 12.3. The maximum Gasteiger partial charge on any atom is 0.320 e. The molecule has 1 heterocycles. The van der Waals surface area contributed by atoms with E-state index in [2.05, 4.69) is 40.9 Å². The third kappa shape index (κ3) is 5.30. The van der Waals surface area contributed by atoms with E-state index < -0.39 is 5.60 Å². The summed E-state index contributed by atoms with van der Waals surface area (Å²) in [5.41, 5.74) is 0.743. The minimum atomic E-state index is -0.455. The summed E-state index contributed by atoms with van der Waals surface area (Å²) in [5.74, 6) is -0.179. The highest BCUT2D eigenvalue weighted by molar-refractivity contribution is 5.72. The number of ether oxygens (including phenoxy) is 1. The van der Waals surface area contributed by atoms with E-state index in [-0.39, 0.29) is 18.8 Å². The first-order valence-corrected chi connectivity index (χ1v) is 8.16. The molecule has 2 rings (SSSR count). The summed E-state index contributed by atoms with van der Waals surface area (Å²) in [5, 5.41) is 0. The van der Waals surface area contributed by atoms with Gasteiger partial charge >= 0.3 is 5.97 Å². The zero-order chi connectivity index (χ0) is 17.0. The number of likely N-dealkylation sites (N-methyl/N-ethyl adjacent to an activating group) is 2. The second-order valence-corrected chi connectivity index (χ2v) is 7.28. The number of rotatable bonds is 5. The maximum absolute atomic E-state index is 12.3. The van der Waals surface area contributed by atoms with E-state index in [9.17, 15) is 4.79 Å². The lowest BCUT2D eigenvalue weighted by Gasteiger charge is -2.36. The molecule has 0 spiro atoms. The highest BCUT2D eigenvalue weighted by atomic mass is 16.6. The van der Waals surface area contributed by atoms with Gasteiger partial charge in [-0.3, -0.25) is 19.5 Å². The molecule has 0 bridgehead atoms. The first kappa shape index (κ1) is 17.9. The third-order valence-corrected chi connectivity index (χ3v) is 3.90. The number of hydrogen-bond donors (Lipinski definition) is 0. The zero-order valence-electron chi connectivity index (χ0n) is 15.0. The van der Waals surface area contributed by atoms with E-state index in [0.29, 0.717) is 0 Å². The zero-order valence-corrected chi connectivity index (χ0v) is 15.0. The first-order chi connectivity index (χ1) is 10.8. The van der Waals surface area contributed by atoms with Gasteiger partial charge in [0.2, 0.25) is 0 Å². The van der Waals surface area contributed by atoms with Gasteiger partial charge in [0.25, 0.3) is 0 Å². The van der Waals surface area contributed by atoms with Crippen molar-refractivity contribution < 1.29 is 9.53 Å². The normalized spacial score (nSPS) is 17.8. The monoisotopic (exact) mass is 319 g/mol. The quantitative estimate of drug-likeness (QED) is 0.776. The Bertz CT molecular complexity index is 503. The van der Waals surface area contributed by atoms with E-state index >= 15 is 0 Å². The van der Waals surface area contributed by atoms with E-state index in [4.69, 9.17) is 4.74 Å². The Morgan fingerprint density at radius 2 is 1.74 bits per heavy atom. The summed E-state index contributed by atoms with van der Waals surface area (Å²) in [6.45, 7) is 8.72. The molecule has 1 aromatic rings. The molecule has 0 N–H and O–H groups in total. The van der Waals surface area contributed by atoms with Gasteiger partial charge in [-0.15, -0.1) is 0 Å². The van der Waals surface area contributed by atoms with Crippen LogP contribution in [0.25, 0.3) is 0 Å². The lowest BCUT2D eigenvalue weighted by atomic mass is 10.2. The Morgan fingerprint density at radius 1 is 1.17 bits per heavy atom. The van der Waals surface area contributed by atoms with Gasteiger partial charge in [-0.2, -0.15) is 0 Å². The van der Waals surface area contributed by atoms with Crippen molar-refractivity contribution in [2.75, 3.05) is 33.7 Å². The van der Waals surface area contributed by atoms with Gasteiger partial charge in [0.15, 0.2) is 0 Å². The minimum absolute atomic E-state index is 0.114. The molecule has 1 saturated heterocycles.